The van der Waals surface area contributed by atoms with Gasteiger partial charge in [0, 0.05) is 5.41 Å². The molecule has 5 heteroatoms. The normalized spacial score (nSPS) is 34.2. The maximum Gasteiger partial charge on any atom is 0.416 e. The van der Waals surface area contributed by atoms with Crippen LogP contribution < -0.4 is 0 Å². The van der Waals surface area contributed by atoms with E-state index in [4.69, 9.17) is 0 Å². The molecule has 2 nitrogen and oxygen atoms in total. The van der Waals surface area contributed by atoms with Crippen molar-refractivity contribution in [3.8, 4) is 5.75 Å². The van der Waals surface area contributed by atoms with Gasteiger partial charge in [0.1, 0.15) is 5.75 Å². The quantitative estimate of drug-likeness (QED) is 0.543. The Morgan fingerprint density at radius 1 is 1.03 bits per heavy atom. The third-order valence-corrected chi connectivity index (χ3v) is 8.73. The van der Waals surface area contributed by atoms with Gasteiger partial charge in [-0.2, -0.15) is 13.2 Å². The average molecular weight is 443 g/mol. The number of benzene rings is 2. The van der Waals surface area contributed by atoms with Gasteiger partial charge in [-0.25, -0.2) is 0 Å². The highest BCUT2D eigenvalue weighted by Gasteiger charge is 2.60. The summed E-state index contributed by atoms with van der Waals surface area (Å²) in [5.74, 6) is 1.52. The summed E-state index contributed by atoms with van der Waals surface area (Å²) in [5, 5.41) is 21.6. The van der Waals surface area contributed by atoms with E-state index in [2.05, 4.69) is 13.0 Å². The monoisotopic (exact) mass is 442 g/mol. The number of aryl methyl sites for hydroxylation is 1. The molecule has 2 saturated carbocycles. The van der Waals surface area contributed by atoms with Crippen molar-refractivity contribution in [2.24, 2.45) is 17.3 Å². The molecule has 0 heterocycles. The van der Waals surface area contributed by atoms with Crippen LogP contribution in [0.2, 0.25) is 0 Å². The minimum absolute atomic E-state index is 0.0977. The molecule has 5 rings (SSSR count). The van der Waals surface area contributed by atoms with Gasteiger partial charge >= 0.3 is 6.18 Å². The van der Waals surface area contributed by atoms with Gasteiger partial charge in [-0.3, -0.25) is 0 Å². The van der Waals surface area contributed by atoms with Gasteiger partial charge in [-0.1, -0.05) is 43.3 Å². The first-order valence-corrected chi connectivity index (χ1v) is 11.5. The van der Waals surface area contributed by atoms with Gasteiger partial charge in [0.15, 0.2) is 0 Å². The zero-order chi connectivity index (χ0) is 22.7. The third-order valence-electron chi connectivity index (χ3n) is 8.73. The Kier molecular flexibility index (Phi) is 4.97. The number of fused-ring (bicyclic) bond motifs is 5. The number of aliphatic hydroxyl groups is 1. The molecule has 32 heavy (non-hydrogen) atoms. The lowest BCUT2D eigenvalue weighted by Crippen LogP contribution is -2.49. The van der Waals surface area contributed by atoms with E-state index in [1.165, 1.54) is 29.3 Å². The van der Waals surface area contributed by atoms with Gasteiger partial charge in [0.2, 0.25) is 0 Å². The molecule has 170 valence electrons. The molecular weight excluding hydrogens is 413 g/mol. The first-order chi connectivity index (χ1) is 15.1. The second kappa shape index (κ2) is 7.38. The molecule has 3 aliphatic rings. The van der Waals surface area contributed by atoms with Crippen molar-refractivity contribution in [1.29, 1.82) is 0 Å². The number of aromatic hydroxyl groups is 1. The van der Waals surface area contributed by atoms with Crippen LogP contribution in [-0.2, 0) is 12.6 Å². The van der Waals surface area contributed by atoms with Gasteiger partial charge in [0.25, 0.3) is 0 Å². The molecule has 2 aromatic carbocycles. The summed E-state index contributed by atoms with van der Waals surface area (Å²) in [6, 6.07) is 11.2. The molecule has 0 saturated heterocycles. The minimum atomic E-state index is -4.42. The van der Waals surface area contributed by atoms with Gasteiger partial charge in [0.05, 0.1) is 11.2 Å². The number of alkyl halides is 3. The summed E-state index contributed by atoms with van der Waals surface area (Å²) < 4.78 is 40.2. The molecule has 0 amide bonds. The zero-order valence-corrected chi connectivity index (χ0v) is 18.2. The zero-order valence-electron chi connectivity index (χ0n) is 18.2. The lowest BCUT2D eigenvalue weighted by atomic mass is 9.53. The SMILES string of the molecule is C[C@]12CCC3c4ccc(O)cc4CCC3C1CC[C@@]2(O)/C=C/c1ccccc1C(F)(F)F. The lowest BCUT2D eigenvalue weighted by Gasteiger charge is -2.52. The van der Waals surface area contributed by atoms with Crippen molar-refractivity contribution in [1.82, 2.24) is 0 Å². The molecule has 2 fully saturated rings. The molecule has 2 N–H and O–H groups in total. The Hall–Kier alpha value is -2.27. The molecule has 5 atom stereocenters. The average Bonchev–Trinajstić information content (AvgIpc) is 3.02. The Morgan fingerprint density at radius 3 is 2.59 bits per heavy atom. The van der Waals surface area contributed by atoms with E-state index in [1.807, 2.05) is 6.07 Å². The van der Waals surface area contributed by atoms with E-state index in [1.54, 1.807) is 18.2 Å². The molecule has 0 radical (unpaired) electrons. The van der Waals surface area contributed by atoms with Crippen molar-refractivity contribution in [2.75, 3.05) is 0 Å². The van der Waals surface area contributed by atoms with Crippen LogP contribution >= 0.6 is 0 Å². The summed E-state index contributed by atoms with van der Waals surface area (Å²) in [4.78, 5) is 0. The van der Waals surface area contributed by atoms with Crippen molar-refractivity contribution in [2.45, 2.75) is 63.1 Å². The Balaban J connectivity index is 1.44. The maximum absolute atomic E-state index is 13.4. The van der Waals surface area contributed by atoms with Crippen molar-refractivity contribution in [3.63, 3.8) is 0 Å². The predicted molar refractivity (Wildman–Crippen MR) is 118 cm³/mol. The highest BCUT2D eigenvalue weighted by molar-refractivity contribution is 5.56. The van der Waals surface area contributed by atoms with Crippen LogP contribution in [0.5, 0.6) is 5.75 Å². The largest absolute Gasteiger partial charge is 0.508 e. The number of rotatable bonds is 2. The van der Waals surface area contributed by atoms with Gasteiger partial charge in [-0.05, 0) is 91.2 Å². The summed E-state index contributed by atoms with van der Waals surface area (Å²) in [6.45, 7) is 2.13. The fraction of sp³-hybridized carbons (Fsp3) is 0.481. The van der Waals surface area contributed by atoms with Crippen molar-refractivity contribution < 1.29 is 23.4 Å². The van der Waals surface area contributed by atoms with E-state index in [0.717, 1.165) is 38.2 Å². The van der Waals surface area contributed by atoms with Crippen LogP contribution in [-0.4, -0.2) is 15.8 Å². The third kappa shape index (κ3) is 3.28. The van der Waals surface area contributed by atoms with Gasteiger partial charge in [-0.15, -0.1) is 0 Å². The van der Waals surface area contributed by atoms with E-state index in [9.17, 15) is 23.4 Å². The second-order valence-electron chi connectivity index (χ2n) is 10.1. The molecule has 3 unspecified atom stereocenters. The van der Waals surface area contributed by atoms with Crippen molar-refractivity contribution >= 4 is 6.08 Å². The summed E-state index contributed by atoms with van der Waals surface area (Å²) >= 11 is 0. The fourth-order valence-corrected chi connectivity index (χ4v) is 7.02. The molecule has 0 bridgehead atoms. The van der Waals surface area contributed by atoms with Crippen LogP contribution in [0.1, 0.15) is 67.2 Å². The second-order valence-corrected chi connectivity index (χ2v) is 10.1. The molecule has 0 aliphatic heterocycles. The lowest BCUT2D eigenvalue weighted by molar-refractivity contribution is -0.137. The standard InChI is InChI=1S/C27H29F3O2/c1-25-13-11-21-20-9-7-19(31)16-18(20)6-8-22(21)24(25)12-15-26(25,32)14-10-17-4-2-3-5-23(17)27(28,29)30/h2-5,7,9-10,14,16,21-22,24,31-32H,6,8,11-13,15H2,1H3/b14-10+/t21?,22?,24?,25-,26-/m0/s1. The van der Waals surface area contributed by atoms with Crippen LogP contribution in [0.4, 0.5) is 13.2 Å². The van der Waals surface area contributed by atoms with E-state index in [-0.39, 0.29) is 11.0 Å². The Bertz CT molecular complexity index is 1060. The first-order valence-electron chi connectivity index (χ1n) is 11.5. The number of phenols is 1. The Labute approximate surface area is 186 Å². The van der Waals surface area contributed by atoms with Gasteiger partial charge < -0.3 is 10.2 Å². The smallest absolute Gasteiger partial charge is 0.416 e. The highest BCUT2D eigenvalue weighted by atomic mass is 19.4. The summed E-state index contributed by atoms with van der Waals surface area (Å²) in [6.07, 6.45) is 3.88. The van der Waals surface area contributed by atoms with Crippen molar-refractivity contribution in [3.05, 3.63) is 70.8 Å². The van der Waals surface area contributed by atoms with E-state index in [0.29, 0.717) is 29.9 Å². The number of halogens is 3. The molecule has 0 spiro atoms. The summed E-state index contributed by atoms with van der Waals surface area (Å²) in [5.41, 5.74) is 0.511. The van der Waals surface area contributed by atoms with Crippen LogP contribution in [0, 0.1) is 17.3 Å². The first kappa shape index (κ1) is 21.6. The molecule has 0 aromatic heterocycles. The summed E-state index contributed by atoms with van der Waals surface area (Å²) in [7, 11) is 0. The van der Waals surface area contributed by atoms with E-state index >= 15 is 0 Å². The molecule has 2 aromatic rings. The highest BCUT2D eigenvalue weighted by Crippen LogP contribution is 2.64. The number of hydrogen-bond acceptors (Lipinski definition) is 2. The maximum atomic E-state index is 13.4. The predicted octanol–water partition coefficient (Wildman–Crippen LogP) is 6.71. The van der Waals surface area contributed by atoms with E-state index < -0.39 is 17.3 Å². The minimum Gasteiger partial charge on any atom is -0.508 e. The van der Waals surface area contributed by atoms with Crippen LogP contribution in [0.25, 0.3) is 6.08 Å². The topological polar surface area (TPSA) is 40.5 Å². The fourth-order valence-electron chi connectivity index (χ4n) is 7.02. The number of phenolic OH excluding ortho intramolecular Hbond substituents is 1. The number of hydrogen-bond donors (Lipinski definition) is 2. The van der Waals surface area contributed by atoms with Crippen LogP contribution in [0.3, 0.4) is 0 Å². The molecular formula is C27H29F3O2. The Morgan fingerprint density at radius 2 is 1.81 bits per heavy atom. The van der Waals surface area contributed by atoms with Crippen LogP contribution in [0.15, 0.2) is 48.5 Å². The molecule has 3 aliphatic carbocycles.